The van der Waals surface area contributed by atoms with Crippen molar-refractivity contribution in [2.24, 2.45) is 29.6 Å². The number of halogens is 2. The predicted octanol–water partition coefficient (Wildman–Crippen LogP) is 9.77. The maximum absolute atomic E-state index is 14.7. The van der Waals surface area contributed by atoms with Gasteiger partial charge in [0, 0.05) is 0 Å². The fourth-order valence-electron chi connectivity index (χ4n) is 7.42. The molecule has 3 aliphatic carbocycles. The van der Waals surface area contributed by atoms with Crippen LogP contribution in [0, 0.1) is 41.2 Å². The van der Waals surface area contributed by atoms with Crippen LogP contribution < -0.4 is 0 Å². The highest BCUT2D eigenvalue weighted by Gasteiger charge is 2.33. The van der Waals surface area contributed by atoms with Crippen molar-refractivity contribution in [3.05, 3.63) is 47.5 Å². The van der Waals surface area contributed by atoms with Crippen molar-refractivity contribution in [2.45, 2.75) is 116 Å². The van der Waals surface area contributed by atoms with Crippen LogP contribution in [-0.4, -0.2) is 0 Å². The van der Waals surface area contributed by atoms with Gasteiger partial charge in [0.05, 0.1) is 0 Å². The molecule has 184 valence electrons. The molecule has 1 aromatic carbocycles. The molecule has 0 aromatic heterocycles. The Morgan fingerprint density at radius 1 is 0.758 bits per heavy atom. The van der Waals surface area contributed by atoms with Crippen molar-refractivity contribution >= 4 is 0 Å². The Bertz CT molecular complexity index is 744. The van der Waals surface area contributed by atoms with Crippen LogP contribution in [0.5, 0.6) is 0 Å². The summed E-state index contributed by atoms with van der Waals surface area (Å²) in [7, 11) is 0. The molecule has 0 atom stereocenters. The second kappa shape index (κ2) is 12.0. The fraction of sp³-hybridized carbons (Fsp3) is 0.742. The minimum atomic E-state index is -0.594. The molecule has 0 nitrogen and oxygen atoms in total. The third-order valence-electron chi connectivity index (χ3n) is 9.69. The van der Waals surface area contributed by atoms with E-state index in [0.29, 0.717) is 17.5 Å². The fourth-order valence-corrected chi connectivity index (χ4v) is 7.42. The van der Waals surface area contributed by atoms with Gasteiger partial charge in [-0.15, -0.1) is 6.58 Å². The van der Waals surface area contributed by atoms with Gasteiger partial charge in [-0.25, -0.2) is 8.78 Å². The van der Waals surface area contributed by atoms with Crippen LogP contribution in [0.2, 0.25) is 0 Å². The van der Waals surface area contributed by atoms with Crippen molar-refractivity contribution < 1.29 is 8.78 Å². The molecule has 4 rings (SSSR count). The number of allylic oxidation sites excluding steroid dienone is 1. The zero-order chi connectivity index (χ0) is 23.2. The van der Waals surface area contributed by atoms with Gasteiger partial charge in [-0.2, -0.15) is 0 Å². The smallest absolute Gasteiger partial charge is 0.162 e. The van der Waals surface area contributed by atoms with Crippen molar-refractivity contribution in [3.8, 4) is 0 Å². The highest BCUT2D eigenvalue weighted by molar-refractivity contribution is 5.29. The molecular weight excluding hydrogens is 410 g/mol. The van der Waals surface area contributed by atoms with E-state index >= 15 is 0 Å². The minimum absolute atomic E-state index is 0.207. The van der Waals surface area contributed by atoms with Crippen LogP contribution in [0.25, 0.3) is 0 Å². The summed E-state index contributed by atoms with van der Waals surface area (Å²) in [5.41, 5.74) is 1.17. The zero-order valence-electron chi connectivity index (χ0n) is 21.0. The summed E-state index contributed by atoms with van der Waals surface area (Å²) in [5, 5.41) is 0. The monoisotopic (exact) mass is 456 g/mol. The van der Waals surface area contributed by atoms with Crippen LogP contribution in [0.15, 0.2) is 24.8 Å². The summed E-state index contributed by atoms with van der Waals surface area (Å²) in [5.74, 6) is 3.43. The van der Waals surface area contributed by atoms with E-state index in [-0.39, 0.29) is 5.92 Å². The average Bonchev–Trinajstić information content (AvgIpc) is 2.87. The molecule has 0 radical (unpaired) electrons. The summed E-state index contributed by atoms with van der Waals surface area (Å²) in [6.07, 6.45) is 22.2. The van der Waals surface area contributed by atoms with E-state index in [9.17, 15) is 8.78 Å². The third-order valence-corrected chi connectivity index (χ3v) is 9.69. The molecular formula is C31H46F2. The second-order valence-electron chi connectivity index (χ2n) is 11.7. The zero-order valence-corrected chi connectivity index (χ0v) is 21.0. The first-order valence-electron chi connectivity index (χ1n) is 14.2. The predicted molar refractivity (Wildman–Crippen MR) is 135 cm³/mol. The number of benzene rings is 1. The van der Waals surface area contributed by atoms with Crippen molar-refractivity contribution in [1.82, 2.24) is 0 Å². The van der Waals surface area contributed by atoms with E-state index in [4.69, 9.17) is 0 Å². The Morgan fingerprint density at radius 3 is 1.85 bits per heavy atom. The van der Waals surface area contributed by atoms with Crippen molar-refractivity contribution in [1.29, 1.82) is 0 Å². The van der Waals surface area contributed by atoms with Gasteiger partial charge in [-0.3, -0.25) is 0 Å². The molecule has 3 saturated carbocycles. The Hall–Kier alpha value is -1.18. The molecule has 0 N–H and O–H groups in total. The summed E-state index contributed by atoms with van der Waals surface area (Å²) >= 11 is 0. The Balaban J connectivity index is 1.18. The molecule has 0 spiro atoms. The highest BCUT2D eigenvalue weighted by Crippen LogP contribution is 2.45. The lowest BCUT2D eigenvalue weighted by Gasteiger charge is -2.38. The normalized spacial score (nSPS) is 33.1. The highest BCUT2D eigenvalue weighted by atomic mass is 19.2. The first-order chi connectivity index (χ1) is 16.1. The second-order valence-corrected chi connectivity index (χ2v) is 11.7. The number of rotatable bonds is 8. The molecule has 0 saturated heterocycles. The van der Waals surface area contributed by atoms with E-state index < -0.39 is 11.6 Å². The molecule has 0 bridgehead atoms. The Kier molecular flexibility index (Phi) is 9.05. The summed E-state index contributed by atoms with van der Waals surface area (Å²) in [4.78, 5) is 0. The molecule has 1 aromatic rings. The average molecular weight is 457 g/mol. The van der Waals surface area contributed by atoms with Gasteiger partial charge in [0.15, 0.2) is 11.6 Å². The van der Waals surface area contributed by atoms with Gasteiger partial charge in [0.25, 0.3) is 0 Å². The van der Waals surface area contributed by atoms with Crippen LogP contribution in [0.1, 0.15) is 120 Å². The lowest BCUT2D eigenvalue weighted by atomic mass is 9.67. The Morgan fingerprint density at radius 2 is 1.30 bits per heavy atom. The van der Waals surface area contributed by atoms with Gasteiger partial charge >= 0.3 is 0 Å². The maximum atomic E-state index is 14.7. The third kappa shape index (κ3) is 6.29. The first kappa shape index (κ1) is 24.9. The van der Waals surface area contributed by atoms with Crippen molar-refractivity contribution in [2.75, 3.05) is 0 Å². The van der Waals surface area contributed by atoms with E-state index in [2.05, 4.69) is 12.7 Å². The molecule has 2 heteroatoms. The SMILES string of the molecule is C=CC1CCC(CCC2CCC(C3CCC(c4ccc(CCC)c(F)c4F)CC3)CC2)CC1. The lowest BCUT2D eigenvalue weighted by Crippen LogP contribution is -2.26. The van der Waals surface area contributed by atoms with Gasteiger partial charge in [-0.1, -0.05) is 57.2 Å². The van der Waals surface area contributed by atoms with Gasteiger partial charge < -0.3 is 0 Å². The molecule has 0 heterocycles. The molecule has 0 aliphatic heterocycles. The maximum Gasteiger partial charge on any atom is 0.162 e. The molecule has 33 heavy (non-hydrogen) atoms. The van der Waals surface area contributed by atoms with E-state index in [0.717, 1.165) is 48.9 Å². The number of hydrogen-bond acceptors (Lipinski definition) is 0. The van der Waals surface area contributed by atoms with E-state index in [1.54, 1.807) is 0 Å². The van der Waals surface area contributed by atoms with Crippen molar-refractivity contribution in [3.63, 3.8) is 0 Å². The van der Waals surface area contributed by atoms with Crippen LogP contribution in [0.3, 0.4) is 0 Å². The van der Waals surface area contributed by atoms with Gasteiger partial charge in [0.1, 0.15) is 0 Å². The largest absolute Gasteiger partial charge is 0.203 e. The van der Waals surface area contributed by atoms with Gasteiger partial charge in [0.2, 0.25) is 0 Å². The van der Waals surface area contributed by atoms with E-state index in [1.807, 2.05) is 19.1 Å². The van der Waals surface area contributed by atoms with Crippen LogP contribution in [-0.2, 0) is 6.42 Å². The molecule has 0 amide bonds. The summed E-state index contributed by atoms with van der Waals surface area (Å²) in [6, 6.07) is 3.71. The van der Waals surface area contributed by atoms with Crippen LogP contribution >= 0.6 is 0 Å². The Labute approximate surface area is 201 Å². The number of aryl methyl sites for hydroxylation is 1. The number of hydrogen-bond donors (Lipinski definition) is 0. The summed E-state index contributed by atoms with van der Waals surface area (Å²) in [6.45, 7) is 5.99. The lowest BCUT2D eigenvalue weighted by molar-refractivity contribution is 0.150. The minimum Gasteiger partial charge on any atom is -0.203 e. The quantitative estimate of drug-likeness (QED) is 0.341. The topological polar surface area (TPSA) is 0 Å². The molecule has 3 fully saturated rings. The van der Waals surface area contributed by atoms with Gasteiger partial charge in [-0.05, 0) is 117 Å². The van der Waals surface area contributed by atoms with E-state index in [1.165, 1.54) is 77.0 Å². The summed E-state index contributed by atoms with van der Waals surface area (Å²) < 4.78 is 29.2. The molecule has 3 aliphatic rings. The standard InChI is InChI=1S/C31H46F2/c1-3-5-28-20-21-29(31(33)30(28)32)27-18-16-26(17-19-27)25-14-12-24(13-15-25)11-10-23-8-6-22(4-2)7-9-23/h4,20-27H,2-3,5-19H2,1H3. The first-order valence-corrected chi connectivity index (χ1v) is 14.2. The van der Waals surface area contributed by atoms with Crippen LogP contribution in [0.4, 0.5) is 8.78 Å². The molecule has 0 unspecified atom stereocenters.